The van der Waals surface area contributed by atoms with Crippen molar-refractivity contribution in [2.24, 2.45) is 15.9 Å². The van der Waals surface area contributed by atoms with E-state index in [0.29, 0.717) is 44.5 Å². The normalized spacial score (nSPS) is 17.7. The molecule has 2 heterocycles. The first kappa shape index (κ1) is 36.0. The molecule has 0 spiro atoms. The number of amidine groups is 2. The first-order valence-corrected chi connectivity index (χ1v) is 15.7. The van der Waals surface area contributed by atoms with Gasteiger partial charge < -0.3 is 20.1 Å². The number of morpholine rings is 1. The summed E-state index contributed by atoms with van der Waals surface area (Å²) in [4.78, 5) is 27.0. The van der Waals surface area contributed by atoms with E-state index in [4.69, 9.17) is 20.2 Å². The van der Waals surface area contributed by atoms with Crippen molar-refractivity contribution in [1.29, 1.82) is 0 Å². The van der Waals surface area contributed by atoms with Crippen LogP contribution in [0.3, 0.4) is 0 Å². The molecule has 0 saturated carbocycles. The number of esters is 1. The molecule has 1 aromatic rings. The smallest absolute Gasteiger partial charge is 0.417 e. The van der Waals surface area contributed by atoms with Crippen LogP contribution in [-0.2, 0) is 20.4 Å². The van der Waals surface area contributed by atoms with Crippen LogP contribution in [0.2, 0.25) is 0 Å². The summed E-state index contributed by atoms with van der Waals surface area (Å²) in [7, 11) is 1.43. The van der Waals surface area contributed by atoms with Gasteiger partial charge in [-0.05, 0) is 76.5 Å². The number of hydrogen-bond acceptors (Lipinski definition) is 6. The Labute approximate surface area is 265 Å². The first-order valence-electron chi connectivity index (χ1n) is 15.7. The SMILES string of the molecule is CCCCC(CC/C=C/C(=O)OC(C)(C)C)CC1=C(C)CC(C(=NC(=NC)c2cnc(N)cc2C(F)(F)F)N2CCOCC2)=C1. The molecule has 0 aromatic carbocycles. The quantitative estimate of drug-likeness (QED) is 0.119. The standard InChI is InChI=1S/C34H48F3N5O3/c1-7-8-11-24(12-9-10-13-30(43)45-33(3,4)5)19-25-20-26(18-23(25)2)32(42-14-16-44-17-15-42)41-31(39-6)27-22-40-29(38)21-28(27)34(35,36)37/h10,13,20-22,24H,7-9,11-12,14-19H2,1-6H3,(H2,38,40)/b13-10+,39-31?,41-32?. The van der Waals surface area contributed by atoms with E-state index in [2.05, 4.69) is 34.8 Å². The van der Waals surface area contributed by atoms with E-state index in [-0.39, 0.29) is 23.2 Å². The number of hydrogen-bond donors (Lipinski definition) is 1. The second-order valence-corrected chi connectivity index (χ2v) is 12.6. The van der Waals surface area contributed by atoms with Crippen molar-refractivity contribution in [2.75, 3.05) is 39.1 Å². The Bertz CT molecular complexity index is 1330. The minimum atomic E-state index is -4.65. The van der Waals surface area contributed by atoms with E-state index in [0.717, 1.165) is 56.4 Å². The van der Waals surface area contributed by atoms with Crippen LogP contribution in [0, 0.1) is 5.92 Å². The Balaban J connectivity index is 1.88. The van der Waals surface area contributed by atoms with Gasteiger partial charge in [0.05, 0.1) is 18.8 Å². The van der Waals surface area contributed by atoms with Crippen molar-refractivity contribution in [1.82, 2.24) is 9.88 Å². The number of aromatic nitrogens is 1. The summed E-state index contributed by atoms with van der Waals surface area (Å²) >= 11 is 0. The highest BCUT2D eigenvalue weighted by Gasteiger charge is 2.36. The summed E-state index contributed by atoms with van der Waals surface area (Å²) in [6.45, 7) is 11.9. The third-order valence-corrected chi connectivity index (χ3v) is 7.72. The van der Waals surface area contributed by atoms with Crippen LogP contribution in [-0.4, -0.2) is 66.5 Å². The van der Waals surface area contributed by atoms with Gasteiger partial charge in [0.1, 0.15) is 17.3 Å². The number of nitrogens with two attached hydrogens (primary N) is 1. The molecule has 2 aliphatic rings. The molecule has 1 unspecified atom stereocenters. The maximum absolute atomic E-state index is 14.0. The lowest BCUT2D eigenvalue weighted by molar-refractivity contribution is -0.148. The molecule has 2 N–H and O–H groups in total. The number of carbonyl (C=O) groups excluding carboxylic acids is 1. The zero-order valence-corrected chi connectivity index (χ0v) is 27.5. The van der Waals surface area contributed by atoms with Crippen molar-refractivity contribution in [3.8, 4) is 0 Å². The topological polar surface area (TPSA) is 102 Å². The van der Waals surface area contributed by atoms with Gasteiger partial charge in [0.25, 0.3) is 0 Å². The van der Waals surface area contributed by atoms with Crippen LogP contribution in [0.4, 0.5) is 19.0 Å². The lowest BCUT2D eigenvalue weighted by Gasteiger charge is -2.31. The number of carbonyl (C=O) groups is 1. The van der Waals surface area contributed by atoms with Gasteiger partial charge in [0.15, 0.2) is 5.84 Å². The molecular weight excluding hydrogens is 583 g/mol. The van der Waals surface area contributed by atoms with Gasteiger partial charge in [0.2, 0.25) is 0 Å². The summed E-state index contributed by atoms with van der Waals surface area (Å²) in [6.07, 6.45) is 8.49. The molecule has 0 radical (unpaired) electrons. The van der Waals surface area contributed by atoms with Crippen molar-refractivity contribution >= 4 is 23.5 Å². The van der Waals surface area contributed by atoms with E-state index in [9.17, 15) is 18.0 Å². The van der Waals surface area contributed by atoms with Gasteiger partial charge in [-0.25, -0.2) is 14.8 Å². The fourth-order valence-electron chi connectivity index (χ4n) is 5.50. The molecule has 0 amide bonds. The number of nitrogen functional groups attached to an aromatic ring is 1. The largest absolute Gasteiger partial charge is 0.457 e. The maximum atomic E-state index is 14.0. The van der Waals surface area contributed by atoms with Gasteiger partial charge in [-0.3, -0.25) is 4.99 Å². The van der Waals surface area contributed by atoms with Crippen molar-refractivity contribution in [3.05, 3.63) is 58.3 Å². The fraction of sp³-hybridized carbons (Fsp3) is 0.588. The molecule has 11 heteroatoms. The number of allylic oxidation sites excluding steroid dienone is 4. The van der Waals surface area contributed by atoms with Crippen LogP contribution in [0.5, 0.6) is 0 Å². The summed E-state index contributed by atoms with van der Waals surface area (Å²) in [5.41, 5.74) is 7.34. The average Bonchev–Trinajstić information content (AvgIpc) is 3.33. The Kier molecular flexibility index (Phi) is 13.0. The molecule has 3 rings (SSSR count). The zero-order chi connectivity index (χ0) is 33.2. The highest BCUT2D eigenvalue weighted by molar-refractivity contribution is 6.12. The molecular formula is C34H48F3N5O3. The van der Waals surface area contributed by atoms with E-state index < -0.39 is 17.3 Å². The van der Waals surface area contributed by atoms with E-state index >= 15 is 0 Å². The molecule has 8 nitrogen and oxygen atoms in total. The van der Waals surface area contributed by atoms with Crippen LogP contribution in [0.25, 0.3) is 0 Å². The fourth-order valence-corrected chi connectivity index (χ4v) is 5.50. The Hall–Kier alpha value is -3.47. The Morgan fingerprint density at radius 2 is 1.93 bits per heavy atom. The number of alkyl halides is 3. The minimum Gasteiger partial charge on any atom is -0.457 e. The number of pyridine rings is 1. The summed E-state index contributed by atoms with van der Waals surface area (Å²) < 4.78 is 52.9. The third kappa shape index (κ3) is 11.1. The Morgan fingerprint density at radius 1 is 1.22 bits per heavy atom. The summed E-state index contributed by atoms with van der Waals surface area (Å²) in [6, 6.07) is 0.822. The minimum absolute atomic E-state index is 0.0547. The maximum Gasteiger partial charge on any atom is 0.417 e. The average molecular weight is 632 g/mol. The number of ether oxygens (including phenoxy) is 2. The summed E-state index contributed by atoms with van der Waals surface area (Å²) in [5.74, 6) is 0.404. The van der Waals surface area contributed by atoms with Gasteiger partial charge in [-0.2, -0.15) is 13.2 Å². The van der Waals surface area contributed by atoms with Gasteiger partial charge in [-0.1, -0.05) is 43.9 Å². The zero-order valence-electron chi connectivity index (χ0n) is 27.5. The third-order valence-electron chi connectivity index (χ3n) is 7.72. The molecule has 1 saturated heterocycles. The second kappa shape index (κ2) is 16.2. The van der Waals surface area contributed by atoms with E-state index in [1.54, 1.807) is 0 Å². The lowest BCUT2D eigenvalue weighted by atomic mass is 9.89. The van der Waals surface area contributed by atoms with Crippen LogP contribution in [0.1, 0.15) is 90.7 Å². The van der Waals surface area contributed by atoms with Crippen molar-refractivity contribution < 1.29 is 27.4 Å². The second-order valence-electron chi connectivity index (χ2n) is 12.6. The molecule has 1 atom stereocenters. The number of anilines is 1. The van der Waals surface area contributed by atoms with Gasteiger partial charge >= 0.3 is 12.1 Å². The molecule has 1 aliphatic carbocycles. The molecule has 1 fully saturated rings. The number of unbranched alkanes of at least 4 members (excludes halogenated alkanes) is 1. The lowest BCUT2D eigenvalue weighted by Crippen LogP contribution is -2.42. The molecule has 45 heavy (non-hydrogen) atoms. The highest BCUT2D eigenvalue weighted by Crippen LogP contribution is 2.36. The van der Waals surface area contributed by atoms with Crippen LogP contribution in [0.15, 0.2) is 57.2 Å². The van der Waals surface area contributed by atoms with Crippen LogP contribution < -0.4 is 5.73 Å². The predicted octanol–water partition coefficient (Wildman–Crippen LogP) is 7.31. The molecule has 248 valence electrons. The molecule has 1 aromatic heterocycles. The summed E-state index contributed by atoms with van der Waals surface area (Å²) in [5, 5.41) is 0. The van der Waals surface area contributed by atoms with Crippen LogP contribution >= 0.6 is 0 Å². The van der Waals surface area contributed by atoms with E-state index in [1.165, 1.54) is 24.3 Å². The number of halogens is 3. The predicted molar refractivity (Wildman–Crippen MR) is 173 cm³/mol. The van der Waals surface area contributed by atoms with Crippen molar-refractivity contribution in [3.63, 3.8) is 0 Å². The number of nitrogens with zero attached hydrogens (tertiary/aromatic N) is 4. The first-order chi connectivity index (χ1) is 21.2. The van der Waals surface area contributed by atoms with Gasteiger partial charge in [-0.15, -0.1) is 0 Å². The molecule has 1 aliphatic heterocycles. The van der Waals surface area contributed by atoms with Crippen molar-refractivity contribution in [2.45, 2.75) is 91.3 Å². The number of rotatable bonds is 11. The Morgan fingerprint density at radius 3 is 2.56 bits per heavy atom. The number of aliphatic imine (C=N–C) groups is 2. The van der Waals surface area contributed by atoms with Gasteiger partial charge in [0, 0.05) is 38.0 Å². The van der Waals surface area contributed by atoms with E-state index in [1.807, 2.05) is 26.8 Å². The highest BCUT2D eigenvalue weighted by atomic mass is 19.4. The molecule has 0 bridgehead atoms. The monoisotopic (exact) mass is 631 g/mol.